The van der Waals surface area contributed by atoms with Crippen LogP contribution in [0, 0.1) is 10.1 Å². The molecular weight excluding hydrogens is 324 g/mol. The summed E-state index contributed by atoms with van der Waals surface area (Å²) in [5.41, 5.74) is 0.815. The van der Waals surface area contributed by atoms with E-state index in [0.29, 0.717) is 10.2 Å². The van der Waals surface area contributed by atoms with E-state index in [4.69, 9.17) is 0 Å². The average Bonchev–Trinajstić information content (AvgIpc) is 3.02. The Labute approximate surface area is 132 Å². The molecule has 0 aliphatic heterocycles. The monoisotopic (exact) mass is 332 g/mol. The number of nitrogens with zero attached hydrogens (tertiary/aromatic N) is 6. The molecule has 0 bridgehead atoms. The number of nitro groups is 1. The van der Waals surface area contributed by atoms with Crippen molar-refractivity contribution >= 4 is 27.3 Å². The second kappa shape index (κ2) is 6.54. The molecule has 3 aromatic rings. The highest BCUT2D eigenvalue weighted by atomic mass is 33.1. The quantitative estimate of drug-likeness (QED) is 0.399. The fraction of sp³-hybridized carbons (Fsp3) is 0. The van der Waals surface area contributed by atoms with E-state index in [1.807, 2.05) is 30.3 Å². The lowest BCUT2D eigenvalue weighted by atomic mass is 10.3. The van der Waals surface area contributed by atoms with Crippen molar-refractivity contribution in [3.63, 3.8) is 0 Å². The molecule has 3 rings (SSSR count). The van der Waals surface area contributed by atoms with Gasteiger partial charge < -0.3 is 0 Å². The third-order valence-electron chi connectivity index (χ3n) is 2.57. The fourth-order valence-corrected chi connectivity index (χ4v) is 3.32. The summed E-state index contributed by atoms with van der Waals surface area (Å²) >= 11 is 0. The summed E-state index contributed by atoms with van der Waals surface area (Å²) in [6, 6.07) is 12.5. The molecule has 0 aliphatic rings. The molecular formula is C12H8N6O2S2. The number of pyridine rings is 1. The Balaban J connectivity index is 1.72. The lowest BCUT2D eigenvalue weighted by molar-refractivity contribution is -0.385. The molecule has 10 heteroatoms. The predicted molar refractivity (Wildman–Crippen MR) is 81.8 cm³/mol. The molecule has 2 heterocycles. The molecule has 0 fully saturated rings. The number of para-hydroxylation sites is 1. The third kappa shape index (κ3) is 3.23. The van der Waals surface area contributed by atoms with E-state index in [1.165, 1.54) is 33.9 Å². The molecule has 0 amide bonds. The van der Waals surface area contributed by atoms with Gasteiger partial charge in [-0.1, -0.05) is 18.2 Å². The van der Waals surface area contributed by atoms with Gasteiger partial charge in [0.25, 0.3) is 5.69 Å². The van der Waals surface area contributed by atoms with E-state index in [-0.39, 0.29) is 5.69 Å². The van der Waals surface area contributed by atoms with Gasteiger partial charge in [-0.15, -0.1) is 5.10 Å². The van der Waals surface area contributed by atoms with Crippen LogP contribution in [0.1, 0.15) is 0 Å². The van der Waals surface area contributed by atoms with Gasteiger partial charge in [-0.25, -0.2) is 4.98 Å². The summed E-state index contributed by atoms with van der Waals surface area (Å²) in [5.74, 6) is 0. The number of rotatable bonds is 5. The van der Waals surface area contributed by atoms with E-state index in [1.54, 1.807) is 10.7 Å². The van der Waals surface area contributed by atoms with Gasteiger partial charge in [0, 0.05) is 6.07 Å². The van der Waals surface area contributed by atoms with Crippen molar-refractivity contribution in [2.24, 2.45) is 0 Å². The maximum atomic E-state index is 10.6. The summed E-state index contributed by atoms with van der Waals surface area (Å²) < 4.78 is 1.61. The van der Waals surface area contributed by atoms with Crippen LogP contribution in [0.25, 0.3) is 5.69 Å². The molecule has 110 valence electrons. The van der Waals surface area contributed by atoms with Crippen LogP contribution in [0.3, 0.4) is 0 Å². The van der Waals surface area contributed by atoms with Crippen LogP contribution in [-0.4, -0.2) is 30.1 Å². The zero-order chi connectivity index (χ0) is 15.4. The number of hydrogen-bond acceptors (Lipinski definition) is 8. The highest BCUT2D eigenvalue weighted by molar-refractivity contribution is 8.76. The van der Waals surface area contributed by atoms with Crippen molar-refractivity contribution in [2.45, 2.75) is 10.2 Å². The molecule has 0 saturated heterocycles. The lowest BCUT2D eigenvalue weighted by Gasteiger charge is -2.02. The first-order valence-electron chi connectivity index (χ1n) is 6.03. The second-order valence-electron chi connectivity index (χ2n) is 3.99. The first-order valence-corrected chi connectivity index (χ1v) is 8.18. The van der Waals surface area contributed by atoms with Crippen LogP contribution >= 0.6 is 21.6 Å². The molecule has 0 atom stereocenters. The fourth-order valence-electron chi connectivity index (χ4n) is 1.57. The van der Waals surface area contributed by atoms with Crippen LogP contribution in [0.4, 0.5) is 5.69 Å². The Kier molecular flexibility index (Phi) is 4.30. The molecule has 1 aromatic carbocycles. The first kappa shape index (κ1) is 14.5. The van der Waals surface area contributed by atoms with Crippen molar-refractivity contribution in [3.8, 4) is 5.69 Å². The van der Waals surface area contributed by atoms with Crippen LogP contribution in [0.15, 0.2) is 58.8 Å². The maximum Gasteiger partial charge on any atom is 0.287 e. The molecule has 0 aliphatic carbocycles. The Bertz CT molecular complexity index is 778. The zero-order valence-electron chi connectivity index (χ0n) is 10.9. The summed E-state index contributed by atoms with van der Waals surface area (Å²) in [6.07, 6.45) is 1.23. The van der Waals surface area contributed by atoms with Gasteiger partial charge >= 0.3 is 0 Å². The third-order valence-corrected chi connectivity index (χ3v) is 4.68. The lowest BCUT2D eigenvalue weighted by Crippen LogP contribution is -1.97. The molecule has 0 spiro atoms. The van der Waals surface area contributed by atoms with Crippen molar-refractivity contribution in [2.75, 3.05) is 0 Å². The molecule has 22 heavy (non-hydrogen) atoms. The Morgan fingerprint density at radius 1 is 1.09 bits per heavy atom. The van der Waals surface area contributed by atoms with Gasteiger partial charge in [-0.3, -0.25) is 10.1 Å². The minimum absolute atomic E-state index is 0.0385. The second-order valence-corrected chi connectivity index (χ2v) is 6.10. The number of benzene rings is 1. The standard InChI is InChI=1S/C12H8N6O2S2/c19-18(20)10-6-7-11(13-8-10)21-22-12-14-15-16-17(12)9-4-2-1-3-5-9/h1-8H. The SMILES string of the molecule is O=[N+]([O-])c1ccc(SSc2nnnn2-c2ccccc2)nc1. The van der Waals surface area contributed by atoms with Gasteiger partial charge in [0.2, 0.25) is 5.16 Å². The maximum absolute atomic E-state index is 10.6. The smallest absolute Gasteiger partial charge is 0.258 e. The van der Waals surface area contributed by atoms with E-state index >= 15 is 0 Å². The van der Waals surface area contributed by atoms with E-state index in [0.717, 1.165) is 5.69 Å². The summed E-state index contributed by atoms with van der Waals surface area (Å²) in [4.78, 5) is 14.1. The van der Waals surface area contributed by atoms with Crippen LogP contribution in [-0.2, 0) is 0 Å². The largest absolute Gasteiger partial charge is 0.287 e. The van der Waals surface area contributed by atoms with Gasteiger partial charge in [-0.05, 0) is 50.2 Å². The zero-order valence-corrected chi connectivity index (χ0v) is 12.6. The molecule has 2 aromatic heterocycles. The topological polar surface area (TPSA) is 99.6 Å². The highest BCUT2D eigenvalue weighted by Gasteiger charge is 2.11. The Hall–Kier alpha value is -2.46. The van der Waals surface area contributed by atoms with Crippen LogP contribution in [0.5, 0.6) is 0 Å². The molecule has 0 N–H and O–H groups in total. The number of hydrogen-bond donors (Lipinski definition) is 0. The first-order chi connectivity index (χ1) is 10.7. The van der Waals surface area contributed by atoms with Crippen molar-refractivity contribution < 1.29 is 4.92 Å². The highest BCUT2D eigenvalue weighted by Crippen LogP contribution is 2.35. The van der Waals surface area contributed by atoms with Crippen molar-refractivity contribution in [1.29, 1.82) is 0 Å². The predicted octanol–water partition coefficient (Wildman–Crippen LogP) is 2.76. The summed E-state index contributed by atoms with van der Waals surface area (Å²) in [5, 5.41) is 23.4. The normalized spacial score (nSPS) is 10.5. The Morgan fingerprint density at radius 3 is 2.59 bits per heavy atom. The van der Waals surface area contributed by atoms with Crippen LogP contribution in [0.2, 0.25) is 0 Å². The minimum atomic E-state index is -0.482. The van der Waals surface area contributed by atoms with Crippen molar-refractivity contribution in [1.82, 2.24) is 25.2 Å². The average molecular weight is 332 g/mol. The molecule has 8 nitrogen and oxygen atoms in total. The van der Waals surface area contributed by atoms with E-state index < -0.39 is 4.92 Å². The molecule has 0 saturated carbocycles. The molecule has 0 radical (unpaired) electrons. The van der Waals surface area contributed by atoms with E-state index in [2.05, 4.69) is 20.5 Å². The van der Waals surface area contributed by atoms with Gasteiger partial charge in [0.15, 0.2) is 0 Å². The van der Waals surface area contributed by atoms with Crippen molar-refractivity contribution in [3.05, 3.63) is 58.8 Å². The van der Waals surface area contributed by atoms with Gasteiger partial charge in [-0.2, -0.15) is 4.68 Å². The minimum Gasteiger partial charge on any atom is -0.258 e. The van der Waals surface area contributed by atoms with Crippen LogP contribution < -0.4 is 0 Å². The van der Waals surface area contributed by atoms with Gasteiger partial charge in [0.05, 0.1) is 10.6 Å². The summed E-state index contributed by atoms with van der Waals surface area (Å²) in [6.45, 7) is 0. The Morgan fingerprint density at radius 2 is 1.91 bits per heavy atom. The van der Waals surface area contributed by atoms with Gasteiger partial charge in [0.1, 0.15) is 11.2 Å². The van der Waals surface area contributed by atoms with E-state index in [9.17, 15) is 10.1 Å². The summed E-state index contributed by atoms with van der Waals surface area (Å²) in [7, 11) is 2.65. The number of aromatic nitrogens is 5. The number of tetrazole rings is 1. The molecule has 0 unspecified atom stereocenters.